The first-order chi connectivity index (χ1) is 7.44. The van der Waals surface area contributed by atoms with Crippen LogP contribution in [0.2, 0.25) is 0 Å². The van der Waals surface area contributed by atoms with E-state index in [0.717, 1.165) is 4.90 Å². The monoisotopic (exact) mass is 339 g/mol. The van der Waals surface area contributed by atoms with E-state index in [1.54, 1.807) is 18.2 Å². The molecule has 0 saturated heterocycles. The summed E-state index contributed by atoms with van der Waals surface area (Å²) in [6.45, 7) is 0. The standard InChI is InChI=1S/C9H7BrClNO2S2/c10-8-2-1-3-9(7(8)6-12)15-4-5-16(11,13)14/h1-3H,4-5H2. The Hall–Kier alpha value is -0.220. The van der Waals surface area contributed by atoms with Gasteiger partial charge in [-0.15, -0.1) is 11.8 Å². The van der Waals surface area contributed by atoms with Gasteiger partial charge in [-0.2, -0.15) is 5.26 Å². The molecule has 0 radical (unpaired) electrons. The average molecular weight is 341 g/mol. The van der Waals surface area contributed by atoms with Gasteiger partial charge < -0.3 is 0 Å². The van der Waals surface area contributed by atoms with Gasteiger partial charge in [0, 0.05) is 25.8 Å². The summed E-state index contributed by atoms with van der Waals surface area (Å²) in [6, 6.07) is 7.39. The normalized spacial score (nSPS) is 11.1. The Morgan fingerprint density at radius 1 is 1.50 bits per heavy atom. The fourth-order valence-corrected chi connectivity index (χ4v) is 3.96. The molecule has 0 fully saturated rings. The van der Waals surface area contributed by atoms with E-state index < -0.39 is 9.05 Å². The second-order valence-electron chi connectivity index (χ2n) is 2.82. The molecule has 0 atom stereocenters. The number of thioether (sulfide) groups is 1. The predicted molar refractivity (Wildman–Crippen MR) is 69.2 cm³/mol. The summed E-state index contributed by atoms with van der Waals surface area (Å²) in [5.41, 5.74) is 0.513. The predicted octanol–water partition coefficient (Wildman–Crippen LogP) is 2.98. The zero-order valence-corrected chi connectivity index (χ0v) is 12.0. The topological polar surface area (TPSA) is 57.9 Å². The van der Waals surface area contributed by atoms with Gasteiger partial charge in [0.15, 0.2) is 0 Å². The van der Waals surface area contributed by atoms with Crippen molar-refractivity contribution in [3.8, 4) is 6.07 Å². The number of rotatable bonds is 4. The Morgan fingerprint density at radius 2 is 2.19 bits per heavy atom. The molecule has 0 aliphatic rings. The van der Waals surface area contributed by atoms with E-state index in [-0.39, 0.29) is 5.75 Å². The minimum absolute atomic E-state index is 0.114. The van der Waals surface area contributed by atoms with E-state index in [2.05, 4.69) is 22.0 Å². The largest absolute Gasteiger partial charge is 0.233 e. The van der Waals surface area contributed by atoms with E-state index in [9.17, 15) is 8.42 Å². The van der Waals surface area contributed by atoms with Gasteiger partial charge >= 0.3 is 0 Å². The molecule has 86 valence electrons. The molecule has 1 rings (SSSR count). The smallest absolute Gasteiger partial charge is 0.212 e. The zero-order valence-electron chi connectivity index (χ0n) is 7.98. The summed E-state index contributed by atoms with van der Waals surface area (Å²) < 4.78 is 22.1. The van der Waals surface area contributed by atoms with Crippen molar-refractivity contribution >= 4 is 47.4 Å². The number of hydrogen-bond donors (Lipinski definition) is 0. The van der Waals surface area contributed by atoms with E-state index in [1.807, 2.05) is 0 Å². The number of benzene rings is 1. The fraction of sp³-hybridized carbons (Fsp3) is 0.222. The van der Waals surface area contributed by atoms with E-state index in [1.165, 1.54) is 11.8 Å². The first-order valence-electron chi connectivity index (χ1n) is 4.18. The van der Waals surface area contributed by atoms with Gasteiger partial charge in [-0.05, 0) is 28.1 Å². The Kier molecular flexibility index (Phi) is 5.12. The van der Waals surface area contributed by atoms with Crippen molar-refractivity contribution in [1.29, 1.82) is 5.26 Å². The van der Waals surface area contributed by atoms with Crippen molar-refractivity contribution < 1.29 is 8.42 Å². The van der Waals surface area contributed by atoms with Crippen LogP contribution in [0, 0.1) is 11.3 Å². The molecule has 0 bridgehead atoms. The maximum absolute atomic E-state index is 10.7. The van der Waals surface area contributed by atoms with Gasteiger partial charge in [0.25, 0.3) is 0 Å². The van der Waals surface area contributed by atoms with Crippen molar-refractivity contribution in [2.45, 2.75) is 4.90 Å². The van der Waals surface area contributed by atoms with Gasteiger partial charge in [0.05, 0.1) is 11.3 Å². The molecule has 0 heterocycles. The first kappa shape index (κ1) is 13.8. The Morgan fingerprint density at radius 3 is 2.75 bits per heavy atom. The molecule has 0 aromatic heterocycles. The SMILES string of the molecule is N#Cc1c(Br)cccc1SCCS(=O)(=O)Cl. The maximum atomic E-state index is 10.7. The van der Waals surface area contributed by atoms with Crippen molar-refractivity contribution in [2.24, 2.45) is 0 Å². The maximum Gasteiger partial charge on any atom is 0.233 e. The fourth-order valence-electron chi connectivity index (χ4n) is 0.984. The third kappa shape index (κ3) is 4.34. The quantitative estimate of drug-likeness (QED) is 0.624. The lowest BCUT2D eigenvalue weighted by Crippen LogP contribution is -1.99. The summed E-state index contributed by atoms with van der Waals surface area (Å²) >= 11 is 4.56. The Bertz CT molecular complexity index is 525. The van der Waals surface area contributed by atoms with E-state index in [0.29, 0.717) is 15.8 Å². The van der Waals surface area contributed by atoms with Gasteiger partial charge in [0.2, 0.25) is 9.05 Å². The summed E-state index contributed by atoms with van der Waals surface area (Å²) in [5.74, 6) is 0.216. The lowest BCUT2D eigenvalue weighted by molar-refractivity contribution is 0.611. The third-order valence-corrected chi connectivity index (χ3v) is 4.81. The van der Waals surface area contributed by atoms with Crippen molar-refractivity contribution in [2.75, 3.05) is 11.5 Å². The second kappa shape index (κ2) is 5.92. The molecule has 3 nitrogen and oxygen atoms in total. The molecule has 7 heteroatoms. The van der Waals surface area contributed by atoms with Crippen LogP contribution < -0.4 is 0 Å². The van der Waals surface area contributed by atoms with Crippen LogP contribution in [-0.2, 0) is 9.05 Å². The van der Waals surface area contributed by atoms with Crippen LogP contribution in [0.25, 0.3) is 0 Å². The third-order valence-electron chi connectivity index (χ3n) is 1.67. The van der Waals surface area contributed by atoms with Gasteiger partial charge in [0.1, 0.15) is 6.07 Å². The van der Waals surface area contributed by atoms with Crippen LogP contribution in [0.3, 0.4) is 0 Å². The average Bonchev–Trinajstić information content (AvgIpc) is 2.16. The highest BCUT2D eigenvalue weighted by atomic mass is 79.9. The molecule has 1 aromatic rings. The van der Waals surface area contributed by atoms with E-state index >= 15 is 0 Å². The number of nitrogens with zero attached hydrogens (tertiary/aromatic N) is 1. The summed E-state index contributed by atoms with van der Waals surface area (Å²) in [5, 5.41) is 8.92. The van der Waals surface area contributed by atoms with Crippen LogP contribution in [0.1, 0.15) is 5.56 Å². The minimum atomic E-state index is -3.47. The van der Waals surface area contributed by atoms with Crippen molar-refractivity contribution in [3.63, 3.8) is 0 Å². The van der Waals surface area contributed by atoms with Crippen molar-refractivity contribution in [3.05, 3.63) is 28.2 Å². The molecule has 16 heavy (non-hydrogen) atoms. The molecule has 0 saturated carbocycles. The van der Waals surface area contributed by atoms with Crippen LogP contribution in [-0.4, -0.2) is 19.9 Å². The van der Waals surface area contributed by atoms with Gasteiger partial charge in [-0.3, -0.25) is 0 Å². The molecule has 0 spiro atoms. The molecule has 1 aromatic carbocycles. The first-order valence-corrected chi connectivity index (χ1v) is 8.43. The molecule has 0 unspecified atom stereocenters. The highest BCUT2D eigenvalue weighted by molar-refractivity contribution is 9.10. The molecule has 0 aliphatic carbocycles. The van der Waals surface area contributed by atoms with Crippen LogP contribution >= 0.6 is 38.4 Å². The number of halogens is 2. The van der Waals surface area contributed by atoms with Crippen molar-refractivity contribution in [1.82, 2.24) is 0 Å². The zero-order chi connectivity index (χ0) is 12.2. The van der Waals surface area contributed by atoms with Crippen LogP contribution in [0.15, 0.2) is 27.6 Å². The molecular weight excluding hydrogens is 334 g/mol. The minimum Gasteiger partial charge on any atom is -0.212 e. The van der Waals surface area contributed by atoms with Crippen LogP contribution in [0.4, 0.5) is 0 Å². The van der Waals surface area contributed by atoms with Gasteiger partial charge in [-0.25, -0.2) is 8.42 Å². The summed E-state index contributed by atoms with van der Waals surface area (Å²) in [7, 11) is 1.62. The number of nitriles is 1. The molecule has 0 amide bonds. The summed E-state index contributed by atoms with van der Waals surface area (Å²) in [6.07, 6.45) is 0. The molecule has 0 N–H and O–H groups in total. The lowest BCUT2D eigenvalue weighted by Gasteiger charge is -2.04. The molecule has 0 aliphatic heterocycles. The van der Waals surface area contributed by atoms with Crippen LogP contribution in [0.5, 0.6) is 0 Å². The van der Waals surface area contributed by atoms with E-state index in [4.69, 9.17) is 15.9 Å². The highest BCUT2D eigenvalue weighted by Crippen LogP contribution is 2.28. The highest BCUT2D eigenvalue weighted by Gasteiger charge is 2.09. The number of hydrogen-bond acceptors (Lipinski definition) is 4. The van der Waals surface area contributed by atoms with Gasteiger partial charge in [-0.1, -0.05) is 6.07 Å². The lowest BCUT2D eigenvalue weighted by atomic mass is 10.2. The molecular formula is C9H7BrClNO2S2. The second-order valence-corrected chi connectivity index (χ2v) is 7.70. The Labute approximate surface area is 111 Å². The Balaban J connectivity index is 2.76. The summed E-state index contributed by atoms with van der Waals surface area (Å²) in [4.78, 5) is 0.747.